The third-order valence-corrected chi connectivity index (χ3v) is 3.09. The number of rotatable bonds is 3. The summed E-state index contributed by atoms with van der Waals surface area (Å²) in [6.45, 7) is 3.57. The maximum atomic E-state index is 10.8. The fourth-order valence-electron chi connectivity index (χ4n) is 2.06. The molecule has 0 spiro atoms. The topological polar surface area (TPSA) is 127 Å². The molecule has 1 fully saturated rings. The average molecular weight is 281 g/mol. The molecule has 3 N–H and O–H groups in total. The second-order valence-corrected chi connectivity index (χ2v) is 4.42. The first-order valence-electron chi connectivity index (χ1n) is 6.01. The number of amidine groups is 1. The number of oxime groups is 1. The van der Waals surface area contributed by atoms with Crippen molar-refractivity contribution in [1.82, 2.24) is 4.98 Å². The SMILES string of the molecule is CC1COCCN1c1ncc([N+](=O)[O-])cc1C(N)=NO. The van der Waals surface area contributed by atoms with Crippen LogP contribution in [0.25, 0.3) is 0 Å². The monoisotopic (exact) mass is 281 g/mol. The summed E-state index contributed by atoms with van der Waals surface area (Å²) < 4.78 is 5.33. The molecule has 1 aliphatic rings. The van der Waals surface area contributed by atoms with Gasteiger partial charge in [-0.05, 0) is 6.92 Å². The molecule has 2 heterocycles. The van der Waals surface area contributed by atoms with E-state index in [1.165, 1.54) is 6.07 Å². The van der Waals surface area contributed by atoms with Gasteiger partial charge in [-0.2, -0.15) is 0 Å². The molecule has 1 saturated heterocycles. The van der Waals surface area contributed by atoms with Gasteiger partial charge in [0.2, 0.25) is 0 Å². The van der Waals surface area contributed by atoms with Crippen LogP contribution in [0.15, 0.2) is 17.4 Å². The Kier molecular flexibility index (Phi) is 3.99. The summed E-state index contributed by atoms with van der Waals surface area (Å²) in [4.78, 5) is 16.2. The first-order valence-corrected chi connectivity index (χ1v) is 6.01. The van der Waals surface area contributed by atoms with E-state index in [2.05, 4.69) is 10.1 Å². The first kappa shape index (κ1) is 14.0. The van der Waals surface area contributed by atoms with Crippen LogP contribution in [-0.4, -0.2) is 46.8 Å². The zero-order chi connectivity index (χ0) is 14.7. The van der Waals surface area contributed by atoms with Crippen molar-refractivity contribution < 1.29 is 14.9 Å². The molecule has 0 bridgehead atoms. The van der Waals surface area contributed by atoms with Crippen LogP contribution in [0.5, 0.6) is 0 Å². The van der Waals surface area contributed by atoms with E-state index in [-0.39, 0.29) is 23.1 Å². The molecule has 0 saturated carbocycles. The van der Waals surface area contributed by atoms with E-state index in [1.807, 2.05) is 11.8 Å². The molecule has 1 aromatic heterocycles. The van der Waals surface area contributed by atoms with Gasteiger partial charge in [0, 0.05) is 12.6 Å². The van der Waals surface area contributed by atoms with Crippen molar-refractivity contribution in [2.45, 2.75) is 13.0 Å². The van der Waals surface area contributed by atoms with Crippen molar-refractivity contribution in [3.63, 3.8) is 0 Å². The number of aromatic nitrogens is 1. The highest BCUT2D eigenvalue weighted by Gasteiger charge is 2.25. The summed E-state index contributed by atoms with van der Waals surface area (Å²) in [5, 5.41) is 22.5. The number of morpholine rings is 1. The Morgan fingerprint density at radius 3 is 3.10 bits per heavy atom. The first-order chi connectivity index (χ1) is 9.54. The molecule has 1 aromatic rings. The number of ether oxygens (including phenoxy) is 1. The summed E-state index contributed by atoms with van der Waals surface area (Å²) in [6.07, 6.45) is 1.16. The van der Waals surface area contributed by atoms with Crippen LogP contribution in [0.3, 0.4) is 0 Å². The smallest absolute Gasteiger partial charge is 0.288 e. The highest BCUT2D eigenvalue weighted by atomic mass is 16.6. The van der Waals surface area contributed by atoms with Gasteiger partial charge in [0.05, 0.1) is 29.7 Å². The van der Waals surface area contributed by atoms with E-state index in [0.29, 0.717) is 25.6 Å². The van der Waals surface area contributed by atoms with Crippen molar-refractivity contribution in [2.24, 2.45) is 10.9 Å². The third-order valence-electron chi connectivity index (χ3n) is 3.09. The number of hydrogen-bond acceptors (Lipinski definition) is 7. The van der Waals surface area contributed by atoms with Gasteiger partial charge in [0.25, 0.3) is 5.69 Å². The fraction of sp³-hybridized carbons (Fsp3) is 0.455. The van der Waals surface area contributed by atoms with Crippen LogP contribution in [0.1, 0.15) is 12.5 Å². The molecule has 2 rings (SSSR count). The van der Waals surface area contributed by atoms with E-state index in [1.54, 1.807) is 0 Å². The molecule has 20 heavy (non-hydrogen) atoms. The minimum atomic E-state index is -0.576. The number of nitrogens with two attached hydrogens (primary N) is 1. The zero-order valence-electron chi connectivity index (χ0n) is 10.9. The van der Waals surface area contributed by atoms with Crippen LogP contribution in [0.4, 0.5) is 11.5 Å². The average Bonchev–Trinajstić information content (AvgIpc) is 2.46. The van der Waals surface area contributed by atoms with Gasteiger partial charge >= 0.3 is 0 Å². The molecule has 108 valence electrons. The van der Waals surface area contributed by atoms with Crippen LogP contribution in [0, 0.1) is 10.1 Å². The molecule has 1 unspecified atom stereocenters. The molecule has 0 radical (unpaired) electrons. The number of nitrogens with zero attached hydrogens (tertiary/aromatic N) is 4. The molecule has 0 aromatic carbocycles. The van der Waals surface area contributed by atoms with Gasteiger partial charge in [0.15, 0.2) is 5.84 Å². The lowest BCUT2D eigenvalue weighted by atomic mass is 10.1. The standard InChI is InChI=1S/C11H15N5O4/c1-7-6-20-3-2-15(7)11-9(10(12)14-17)4-8(5-13-11)16(18)19/h4-5,7,17H,2-3,6H2,1H3,(H2,12,14). The lowest BCUT2D eigenvalue weighted by Gasteiger charge is -2.35. The Bertz CT molecular complexity index is 548. The van der Waals surface area contributed by atoms with E-state index < -0.39 is 4.92 Å². The van der Waals surface area contributed by atoms with Crippen molar-refractivity contribution in [1.29, 1.82) is 0 Å². The summed E-state index contributed by atoms with van der Waals surface area (Å²) in [5.74, 6) is 0.233. The fourth-order valence-corrected chi connectivity index (χ4v) is 2.06. The Hall–Kier alpha value is -2.42. The summed E-state index contributed by atoms with van der Waals surface area (Å²) in [7, 11) is 0. The number of hydrogen-bond donors (Lipinski definition) is 2. The molecule has 0 aliphatic carbocycles. The van der Waals surface area contributed by atoms with Crippen LogP contribution in [0.2, 0.25) is 0 Å². The summed E-state index contributed by atoms with van der Waals surface area (Å²) in [5.41, 5.74) is 5.62. The molecule has 9 heteroatoms. The molecular formula is C11H15N5O4. The van der Waals surface area contributed by atoms with E-state index in [0.717, 1.165) is 6.20 Å². The quantitative estimate of drug-likeness (QED) is 0.268. The van der Waals surface area contributed by atoms with Gasteiger partial charge in [-0.25, -0.2) is 4.98 Å². The molecular weight excluding hydrogens is 266 g/mol. The zero-order valence-corrected chi connectivity index (χ0v) is 10.9. The second kappa shape index (κ2) is 5.70. The van der Waals surface area contributed by atoms with Crippen LogP contribution < -0.4 is 10.6 Å². The van der Waals surface area contributed by atoms with Gasteiger partial charge in [0.1, 0.15) is 12.0 Å². The Labute approximate surface area is 114 Å². The Balaban J connectivity index is 2.48. The normalized spacial score (nSPS) is 19.9. The van der Waals surface area contributed by atoms with Gasteiger partial charge < -0.3 is 20.6 Å². The minimum absolute atomic E-state index is 0.0444. The maximum Gasteiger partial charge on any atom is 0.288 e. The Morgan fingerprint density at radius 1 is 1.75 bits per heavy atom. The van der Waals surface area contributed by atoms with E-state index >= 15 is 0 Å². The van der Waals surface area contributed by atoms with Crippen molar-refractivity contribution in [2.75, 3.05) is 24.7 Å². The summed E-state index contributed by atoms with van der Waals surface area (Å²) in [6, 6.07) is 1.29. The van der Waals surface area contributed by atoms with E-state index in [4.69, 9.17) is 15.7 Å². The molecule has 1 aliphatic heterocycles. The minimum Gasteiger partial charge on any atom is -0.409 e. The maximum absolute atomic E-state index is 10.8. The number of pyridine rings is 1. The van der Waals surface area contributed by atoms with Crippen molar-refractivity contribution >= 4 is 17.3 Å². The van der Waals surface area contributed by atoms with Crippen LogP contribution >= 0.6 is 0 Å². The van der Waals surface area contributed by atoms with Crippen molar-refractivity contribution in [3.05, 3.63) is 27.9 Å². The number of nitro groups is 1. The highest BCUT2D eigenvalue weighted by molar-refractivity contribution is 6.02. The second-order valence-electron chi connectivity index (χ2n) is 4.42. The molecule has 1 atom stereocenters. The highest BCUT2D eigenvalue weighted by Crippen LogP contribution is 2.25. The largest absolute Gasteiger partial charge is 0.409 e. The van der Waals surface area contributed by atoms with Gasteiger partial charge in [-0.3, -0.25) is 10.1 Å². The lowest BCUT2D eigenvalue weighted by Crippen LogP contribution is -2.45. The molecule has 9 nitrogen and oxygen atoms in total. The van der Waals surface area contributed by atoms with Crippen molar-refractivity contribution in [3.8, 4) is 0 Å². The predicted molar refractivity (Wildman–Crippen MR) is 71.0 cm³/mol. The number of anilines is 1. The van der Waals surface area contributed by atoms with Gasteiger partial charge in [-0.1, -0.05) is 5.16 Å². The Morgan fingerprint density at radius 2 is 2.50 bits per heavy atom. The predicted octanol–water partition coefficient (Wildman–Crippen LogP) is 0.309. The van der Waals surface area contributed by atoms with Gasteiger partial charge in [-0.15, -0.1) is 0 Å². The lowest BCUT2D eigenvalue weighted by molar-refractivity contribution is -0.385. The van der Waals surface area contributed by atoms with E-state index in [9.17, 15) is 10.1 Å². The summed E-state index contributed by atoms with van der Waals surface area (Å²) >= 11 is 0. The third kappa shape index (κ3) is 2.62. The molecule has 0 amide bonds. The van der Waals surface area contributed by atoms with Crippen LogP contribution in [-0.2, 0) is 4.74 Å².